The van der Waals surface area contributed by atoms with E-state index in [1.807, 2.05) is 0 Å². The molecule has 1 spiro atoms. The van der Waals surface area contributed by atoms with Crippen molar-refractivity contribution in [3.05, 3.63) is 67.5 Å². The molecule has 34 heavy (non-hydrogen) atoms. The summed E-state index contributed by atoms with van der Waals surface area (Å²) in [5.41, 5.74) is -0.741. The molecule has 2 aromatic rings. The van der Waals surface area contributed by atoms with Gasteiger partial charge in [0.15, 0.2) is 11.8 Å². The molecule has 3 N–H and O–H groups in total. The molecule has 0 amide bonds. The number of esters is 2. The highest BCUT2D eigenvalue weighted by Crippen LogP contribution is 2.51. The van der Waals surface area contributed by atoms with Crippen molar-refractivity contribution in [2.75, 3.05) is 6.61 Å². The van der Waals surface area contributed by atoms with Crippen molar-refractivity contribution in [3.8, 4) is 0 Å². The van der Waals surface area contributed by atoms with Crippen LogP contribution >= 0.6 is 0 Å². The van der Waals surface area contributed by atoms with E-state index >= 15 is 0 Å². The van der Waals surface area contributed by atoms with Crippen LogP contribution in [0.3, 0.4) is 0 Å². The zero-order chi connectivity index (χ0) is 24.6. The number of carbonyl (C=O) groups excluding carboxylic acids is 2. The van der Waals surface area contributed by atoms with Crippen molar-refractivity contribution < 1.29 is 38.7 Å². The maximum Gasteiger partial charge on any atom is 0.330 e. The van der Waals surface area contributed by atoms with Gasteiger partial charge in [-0.15, -0.1) is 0 Å². The summed E-state index contributed by atoms with van der Waals surface area (Å²) in [6.45, 7) is 1.84. The Morgan fingerprint density at radius 2 is 1.82 bits per heavy atom. The lowest BCUT2D eigenvalue weighted by Gasteiger charge is -2.32. The Labute approximate surface area is 192 Å². The lowest BCUT2D eigenvalue weighted by molar-refractivity contribution is -0.144. The highest BCUT2D eigenvalue weighted by Gasteiger charge is 2.62. The van der Waals surface area contributed by atoms with Crippen LogP contribution in [0.2, 0.25) is 0 Å². The number of benzene rings is 1. The van der Waals surface area contributed by atoms with Gasteiger partial charge in [-0.2, -0.15) is 0 Å². The second-order valence-corrected chi connectivity index (χ2v) is 8.08. The molecule has 182 valence electrons. The van der Waals surface area contributed by atoms with Gasteiger partial charge in [0.1, 0.15) is 25.4 Å². The van der Waals surface area contributed by atoms with Crippen LogP contribution in [-0.4, -0.2) is 50.5 Å². The SMILES string of the molecule is CC(=O)OCc1cc2c(cc1COC(C)=O)[C@@]1(OC2)[C@@H](CO)O[C@@H](n2ccc(=O)[nH]c2=O)[C@@H]1O. The van der Waals surface area contributed by atoms with Gasteiger partial charge in [-0.25, -0.2) is 4.79 Å². The fourth-order valence-electron chi connectivity index (χ4n) is 4.41. The summed E-state index contributed by atoms with van der Waals surface area (Å²) in [5, 5.41) is 21.4. The van der Waals surface area contributed by atoms with Crippen LogP contribution in [0.1, 0.15) is 42.3 Å². The number of nitrogens with zero attached hydrogens (tertiary/aromatic N) is 1. The molecule has 4 rings (SSSR count). The molecule has 1 saturated heterocycles. The molecule has 1 fully saturated rings. The summed E-state index contributed by atoms with van der Waals surface area (Å²) in [6, 6.07) is 4.47. The second kappa shape index (κ2) is 9.14. The summed E-state index contributed by atoms with van der Waals surface area (Å²) >= 11 is 0. The van der Waals surface area contributed by atoms with Crippen LogP contribution in [0.4, 0.5) is 0 Å². The Balaban J connectivity index is 1.78. The number of carbonyl (C=O) groups is 2. The molecule has 0 aliphatic carbocycles. The van der Waals surface area contributed by atoms with E-state index in [2.05, 4.69) is 4.98 Å². The minimum absolute atomic E-state index is 0.0421. The minimum atomic E-state index is -1.55. The third-order valence-electron chi connectivity index (χ3n) is 5.96. The number of nitrogens with one attached hydrogen (secondary N) is 1. The number of hydrogen-bond acceptors (Lipinski definition) is 10. The lowest BCUT2D eigenvalue weighted by Crippen LogP contribution is -2.47. The Morgan fingerprint density at radius 3 is 2.41 bits per heavy atom. The molecule has 12 heteroatoms. The topological polar surface area (TPSA) is 166 Å². The van der Waals surface area contributed by atoms with E-state index in [0.717, 1.165) is 10.6 Å². The van der Waals surface area contributed by atoms with Crippen LogP contribution in [0.25, 0.3) is 0 Å². The zero-order valence-corrected chi connectivity index (χ0v) is 18.5. The average molecular weight is 476 g/mol. The van der Waals surface area contributed by atoms with E-state index in [1.165, 1.54) is 20.0 Å². The van der Waals surface area contributed by atoms with Gasteiger partial charge in [0.05, 0.1) is 13.2 Å². The van der Waals surface area contributed by atoms with Gasteiger partial charge in [0.25, 0.3) is 5.56 Å². The van der Waals surface area contributed by atoms with Crippen LogP contribution in [0, 0.1) is 0 Å². The van der Waals surface area contributed by atoms with Crippen molar-refractivity contribution >= 4 is 11.9 Å². The number of aliphatic hydroxyl groups excluding tert-OH is 2. The largest absolute Gasteiger partial charge is 0.461 e. The fraction of sp³-hybridized carbons (Fsp3) is 0.455. The fourth-order valence-corrected chi connectivity index (χ4v) is 4.41. The Bertz CT molecular complexity index is 1230. The van der Waals surface area contributed by atoms with E-state index < -0.39 is 53.8 Å². The van der Waals surface area contributed by atoms with Crippen LogP contribution in [0.5, 0.6) is 0 Å². The maximum absolute atomic E-state index is 12.3. The van der Waals surface area contributed by atoms with Gasteiger partial charge in [-0.1, -0.05) is 0 Å². The van der Waals surface area contributed by atoms with E-state index in [0.29, 0.717) is 22.3 Å². The number of rotatable bonds is 6. The maximum atomic E-state index is 12.3. The van der Waals surface area contributed by atoms with Crippen molar-refractivity contribution in [3.63, 3.8) is 0 Å². The summed E-state index contributed by atoms with van der Waals surface area (Å²) in [4.78, 5) is 48.6. The summed E-state index contributed by atoms with van der Waals surface area (Å²) in [5.74, 6) is -0.999. The second-order valence-electron chi connectivity index (χ2n) is 8.08. The Morgan fingerprint density at radius 1 is 1.18 bits per heavy atom. The molecule has 4 atom stereocenters. The average Bonchev–Trinajstić information content (AvgIpc) is 3.29. The third kappa shape index (κ3) is 4.05. The third-order valence-corrected chi connectivity index (χ3v) is 5.96. The van der Waals surface area contributed by atoms with Gasteiger partial charge < -0.3 is 29.2 Å². The monoisotopic (exact) mass is 476 g/mol. The molecule has 2 aliphatic heterocycles. The first-order valence-electron chi connectivity index (χ1n) is 10.5. The number of aromatic nitrogens is 2. The molecule has 0 bridgehead atoms. The molecule has 2 aliphatic rings. The smallest absolute Gasteiger partial charge is 0.330 e. The minimum Gasteiger partial charge on any atom is -0.461 e. The standard InChI is InChI=1S/C22H24N2O10/c1-11(26)31-8-13-5-15-10-33-22(16(15)6-14(13)9-32-12(2)27)17(7-25)34-20(19(22)29)24-4-3-18(28)23-21(24)30/h3-6,17,19-20,25,29H,7-10H2,1-2H3,(H,23,28,30)/t17-,19+,20-,22-/m1/s1. The van der Waals surface area contributed by atoms with Crippen molar-refractivity contribution in [1.29, 1.82) is 0 Å². The predicted octanol–water partition coefficient (Wildman–Crippen LogP) is -0.661. The Hall–Kier alpha value is -3.32. The molecular weight excluding hydrogens is 452 g/mol. The molecule has 1 aromatic heterocycles. The van der Waals surface area contributed by atoms with Gasteiger partial charge in [-0.3, -0.25) is 23.9 Å². The molecule has 0 unspecified atom stereocenters. The number of H-pyrrole nitrogens is 1. The molecule has 1 aromatic carbocycles. The first-order valence-corrected chi connectivity index (χ1v) is 10.5. The lowest BCUT2D eigenvalue weighted by atomic mass is 9.82. The van der Waals surface area contributed by atoms with E-state index in [-0.39, 0.29) is 19.8 Å². The summed E-state index contributed by atoms with van der Waals surface area (Å²) in [7, 11) is 0. The van der Waals surface area contributed by atoms with Crippen LogP contribution in [-0.2, 0) is 54.0 Å². The molecule has 0 saturated carbocycles. The molecule has 12 nitrogen and oxygen atoms in total. The first-order chi connectivity index (χ1) is 16.2. The molecular formula is C22H24N2O10. The number of aliphatic hydroxyl groups is 2. The Kier molecular flexibility index (Phi) is 6.41. The predicted molar refractivity (Wildman–Crippen MR) is 112 cm³/mol. The van der Waals surface area contributed by atoms with Crippen LogP contribution < -0.4 is 11.2 Å². The van der Waals surface area contributed by atoms with E-state index in [9.17, 15) is 29.4 Å². The van der Waals surface area contributed by atoms with Crippen molar-refractivity contribution in [2.45, 2.75) is 57.7 Å². The molecule has 3 heterocycles. The van der Waals surface area contributed by atoms with Crippen LogP contribution in [0.15, 0.2) is 34.0 Å². The molecule has 0 radical (unpaired) electrons. The van der Waals surface area contributed by atoms with Gasteiger partial charge in [-0.05, 0) is 34.4 Å². The van der Waals surface area contributed by atoms with Gasteiger partial charge in [0.2, 0.25) is 0 Å². The zero-order valence-electron chi connectivity index (χ0n) is 18.5. The number of fused-ring (bicyclic) bond motifs is 2. The highest BCUT2D eigenvalue weighted by atomic mass is 16.6. The quantitative estimate of drug-likeness (QED) is 0.456. The number of aromatic amines is 1. The van der Waals surface area contributed by atoms with Gasteiger partial charge in [0, 0.05) is 26.1 Å². The van der Waals surface area contributed by atoms with Gasteiger partial charge >= 0.3 is 17.6 Å². The number of hydrogen-bond donors (Lipinski definition) is 3. The van der Waals surface area contributed by atoms with E-state index in [1.54, 1.807) is 12.1 Å². The normalized spacial score (nSPS) is 25.4. The summed E-state index contributed by atoms with van der Waals surface area (Å²) < 4.78 is 23.1. The van der Waals surface area contributed by atoms with E-state index in [4.69, 9.17) is 18.9 Å². The van der Waals surface area contributed by atoms with Crippen molar-refractivity contribution in [2.24, 2.45) is 0 Å². The summed E-state index contributed by atoms with van der Waals surface area (Å²) in [6.07, 6.45) is -2.58. The highest BCUT2D eigenvalue weighted by molar-refractivity contribution is 5.66. The first kappa shape index (κ1) is 23.8. The number of ether oxygens (including phenoxy) is 4. The van der Waals surface area contributed by atoms with Crippen molar-refractivity contribution in [1.82, 2.24) is 9.55 Å².